The number of nitrogens with one attached hydrogen (secondary N) is 1. The summed E-state index contributed by atoms with van der Waals surface area (Å²) in [4.78, 5) is 31.4. The van der Waals surface area contributed by atoms with Crippen LogP contribution < -0.4 is 15.0 Å². The van der Waals surface area contributed by atoms with Gasteiger partial charge in [-0.3, -0.25) is 19.8 Å². The van der Waals surface area contributed by atoms with E-state index in [1.165, 1.54) is 25.3 Å². The van der Waals surface area contributed by atoms with E-state index in [1.54, 1.807) is 18.3 Å². The second-order valence-corrected chi connectivity index (χ2v) is 6.78. The first-order valence-corrected chi connectivity index (χ1v) is 9.46. The first-order chi connectivity index (χ1) is 14.5. The highest BCUT2D eigenvalue weighted by Gasteiger charge is 2.19. The summed E-state index contributed by atoms with van der Waals surface area (Å²) < 4.78 is 5.17. The van der Waals surface area contributed by atoms with Crippen LogP contribution in [0.3, 0.4) is 0 Å². The van der Waals surface area contributed by atoms with Gasteiger partial charge in [0.25, 0.3) is 5.69 Å². The van der Waals surface area contributed by atoms with Crippen molar-refractivity contribution in [1.29, 1.82) is 5.26 Å². The molecule has 1 amide bonds. The molecule has 1 aliphatic heterocycles. The van der Waals surface area contributed by atoms with Crippen LogP contribution >= 0.6 is 0 Å². The summed E-state index contributed by atoms with van der Waals surface area (Å²) in [6, 6.07) is 9.65. The Morgan fingerprint density at radius 2 is 2.07 bits per heavy atom. The summed E-state index contributed by atoms with van der Waals surface area (Å²) in [7, 11) is 1.44. The molecule has 2 heterocycles. The third-order valence-corrected chi connectivity index (χ3v) is 4.89. The largest absolute Gasteiger partial charge is 0.495 e. The van der Waals surface area contributed by atoms with Crippen molar-refractivity contribution < 1.29 is 14.5 Å². The lowest BCUT2D eigenvalue weighted by Gasteiger charge is -2.35. The number of hydrogen-bond acceptors (Lipinski definition) is 8. The molecular weight excluding hydrogens is 388 g/mol. The number of piperazine rings is 1. The molecule has 10 heteroatoms. The van der Waals surface area contributed by atoms with Crippen LogP contribution in [0.1, 0.15) is 12.0 Å². The second kappa shape index (κ2) is 9.67. The van der Waals surface area contributed by atoms with Crippen molar-refractivity contribution in [3.63, 3.8) is 0 Å². The van der Waals surface area contributed by atoms with Gasteiger partial charge in [0.05, 0.1) is 29.4 Å². The number of nitrogens with zero attached hydrogens (tertiary/aromatic N) is 5. The van der Waals surface area contributed by atoms with E-state index in [0.29, 0.717) is 17.9 Å². The van der Waals surface area contributed by atoms with E-state index >= 15 is 0 Å². The van der Waals surface area contributed by atoms with Gasteiger partial charge in [-0.15, -0.1) is 0 Å². The number of aromatic nitrogens is 1. The van der Waals surface area contributed by atoms with Crippen LogP contribution in [0.15, 0.2) is 36.5 Å². The number of benzene rings is 1. The van der Waals surface area contributed by atoms with Crippen molar-refractivity contribution in [1.82, 2.24) is 9.88 Å². The Morgan fingerprint density at radius 1 is 1.30 bits per heavy atom. The number of nitriles is 1. The van der Waals surface area contributed by atoms with E-state index in [4.69, 9.17) is 10.00 Å². The molecule has 1 aromatic heterocycles. The van der Waals surface area contributed by atoms with E-state index in [-0.39, 0.29) is 23.7 Å². The number of non-ortho nitro benzene ring substituents is 1. The molecule has 1 saturated heterocycles. The molecule has 0 bridgehead atoms. The fourth-order valence-corrected chi connectivity index (χ4v) is 3.24. The molecule has 1 fully saturated rings. The average molecular weight is 410 g/mol. The number of carbonyl (C=O) groups is 1. The highest BCUT2D eigenvalue weighted by atomic mass is 16.6. The second-order valence-electron chi connectivity index (χ2n) is 6.78. The highest BCUT2D eigenvalue weighted by Crippen LogP contribution is 2.29. The number of anilines is 2. The first-order valence-electron chi connectivity index (χ1n) is 9.46. The maximum atomic E-state index is 12.3. The minimum atomic E-state index is -0.518. The van der Waals surface area contributed by atoms with Crippen molar-refractivity contribution >= 4 is 23.1 Å². The van der Waals surface area contributed by atoms with Crippen molar-refractivity contribution in [2.24, 2.45) is 0 Å². The number of rotatable bonds is 7. The van der Waals surface area contributed by atoms with E-state index in [9.17, 15) is 14.9 Å². The number of nitro groups is 1. The highest BCUT2D eigenvalue weighted by molar-refractivity contribution is 5.92. The van der Waals surface area contributed by atoms with Crippen LogP contribution in [0.4, 0.5) is 17.2 Å². The van der Waals surface area contributed by atoms with Gasteiger partial charge in [-0.05, 0) is 18.2 Å². The molecule has 0 aliphatic carbocycles. The molecule has 0 unspecified atom stereocenters. The van der Waals surface area contributed by atoms with Crippen LogP contribution in [-0.2, 0) is 4.79 Å². The number of hydrogen-bond donors (Lipinski definition) is 1. The van der Waals surface area contributed by atoms with Gasteiger partial charge < -0.3 is 15.0 Å². The van der Waals surface area contributed by atoms with Gasteiger partial charge in [-0.2, -0.15) is 5.26 Å². The van der Waals surface area contributed by atoms with E-state index in [1.807, 2.05) is 0 Å². The molecule has 2 aromatic rings. The van der Waals surface area contributed by atoms with Crippen molar-refractivity contribution in [2.45, 2.75) is 6.42 Å². The van der Waals surface area contributed by atoms with Crippen molar-refractivity contribution in [2.75, 3.05) is 50.1 Å². The Morgan fingerprint density at radius 3 is 2.73 bits per heavy atom. The van der Waals surface area contributed by atoms with Crippen LogP contribution in [-0.4, -0.2) is 60.5 Å². The van der Waals surface area contributed by atoms with Crippen LogP contribution in [0.2, 0.25) is 0 Å². The summed E-state index contributed by atoms with van der Waals surface area (Å²) in [5.41, 5.74) is 0.747. The molecule has 1 N–H and O–H groups in total. The lowest BCUT2D eigenvalue weighted by atomic mass is 10.2. The molecule has 0 atom stereocenters. The number of ether oxygens (including phenoxy) is 1. The van der Waals surface area contributed by atoms with Gasteiger partial charge in [-0.25, -0.2) is 4.98 Å². The summed E-state index contributed by atoms with van der Waals surface area (Å²) >= 11 is 0. The quantitative estimate of drug-likeness (QED) is 0.543. The van der Waals surface area contributed by atoms with E-state index in [2.05, 4.69) is 26.2 Å². The summed E-state index contributed by atoms with van der Waals surface area (Å²) in [6.07, 6.45) is 1.89. The smallest absolute Gasteiger partial charge is 0.271 e. The number of nitro benzene ring substituents is 1. The minimum absolute atomic E-state index is 0.115. The van der Waals surface area contributed by atoms with Gasteiger partial charge in [0.15, 0.2) is 0 Å². The summed E-state index contributed by atoms with van der Waals surface area (Å²) in [5.74, 6) is 0.915. The van der Waals surface area contributed by atoms with Crippen LogP contribution in [0.5, 0.6) is 5.75 Å². The zero-order valence-corrected chi connectivity index (χ0v) is 16.6. The van der Waals surface area contributed by atoms with Gasteiger partial charge >= 0.3 is 0 Å². The van der Waals surface area contributed by atoms with Crippen LogP contribution in [0, 0.1) is 21.4 Å². The normalized spacial score (nSPS) is 14.1. The number of pyridine rings is 1. The van der Waals surface area contributed by atoms with E-state index < -0.39 is 4.92 Å². The number of methoxy groups -OCH3 is 1. The van der Waals surface area contributed by atoms with Crippen LogP contribution in [0.25, 0.3) is 0 Å². The molecule has 1 aliphatic rings. The maximum absolute atomic E-state index is 12.3. The predicted octanol–water partition coefficient (Wildman–Crippen LogP) is 2.02. The Bertz CT molecular complexity index is 966. The van der Waals surface area contributed by atoms with Crippen molar-refractivity contribution in [3.05, 3.63) is 52.2 Å². The maximum Gasteiger partial charge on any atom is 0.271 e. The molecule has 1 aromatic carbocycles. The van der Waals surface area contributed by atoms with Crippen molar-refractivity contribution in [3.8, 4) is 11.8 Å². The molecular formula is C20H22N6O4. The Kier molecular flexibility index (Phi) is 6.77. The lowest BCUT2D eigenvalue weighted by Crippen LogP contribution is -2.47. The average Bonchev–Trinajstić information content (AvgIpc) is 2.78. The molecule has 156 valence electrons. The monoisotopic (exact) mass is 410 g/mol. The fourth-order valence-electron chi connectivity index (χ4n) is 3.24. The third-order valence-electron chi connectivity index (χ3n) is 4.89. The fraction of sp³-hybridized carbons (Fsp3) is 0.350. The number of carbonyl (C=O) groups excluding carboxylic acids is 1. The van der Waals surface area contributed by atoms with Gasteiger partial charge in [0.2, 0.25) is 5.91 Å². The zero-order valence-electron chi connectivity index (χ0n) is 16.6. The molecule has 0 spiro atoms. The topological polar surface area (TPSA) is 125 Å². The predicted molar refractivity (Wildman–Crippen MR) is 111 cm³/mol. The third kappa shape index (κ3) is 5.21. The first kappa shape index (κ1) is 21.0. The van der Waals surface area contributed by atoms with Gasteiger partial charge in [-0.1, -0.05) is 0 Å². The molecule has 0 radical (unpaired) electrons. The minimum Gasteiger partial charge on any atom is -0.495 e. The zero-order chi connectivity index (χ0) is 21.5. The standard InChI is InChI=1S/C20H22N6O4/c1-30-18-3-2-16(26(28)29)13-17(18)23-20(27)5-7-24-8-10-25(11-9-24)19-12-15(14-21)4-6-22-19/h2-4,6,12-13H,5,7-11H2,1H3,(H,23,27). The SMILES string of the molecule is COc1ccc([N+](=O)[O-])cc1NC(=O)CCN1CCN(c2cc(C#N)ccn2)CC1. The van der Waals surface area contributed by atoms with E-state index in [0.717, 1.165) is 32.0 Å². The van der Waals surface area contributed by atoms with Gasteiger partial charge in [0.1, 0.15) is 11.6 Å². The lowest BCUT2D eigenvalue weighted by molar-refractivity contribution is -0.384. The Hall–Kier alpha value is -3.71. The van der Waals surface area contributed by atoms with Gasteiger partial charge in [0, 0.05) is 57.5 Å². The molecule has 30 heavy (non-hydrogen) atoms. The molecule has 10 nitrogen and oxygen atoms in total. The molecule has 3 rings (SSSR count). The Labute approximate surface area is 173 Å². The molecule has 0 saturated carbocycles. The Balaban J connectivity index is 1.50. The number of amides is 1. The summed E-state index contributed by atoms with van der Waals surface area (Å²) in [6.45, 7) is 3.62. The summed E-state index contributed by atoms with van der Waals surface area (Å²) in [5, 5.41) is 22.7.